The summed E-state index contributed by atoms with van der Waals surface area (Å²) in [5, 5.41) is 21.3. The number of ketones is 1. The van der Waals surface area contributed by atoms with Crippen LogP contribution in [0.15, 0.2) is 36.4 Å². The molecule has 0 saturated carbocycles. The molecule has 2 aromatic carbocycles. The summed E-state index contributed by atoms with van der Waals surface area (Å²) in [4.78, 5) is 25.8. The lowest BCUT2D eigenvalue weighted by atomic mass is 9.91. The minimum atomic E-state index is -0.624. The van der Waals surface area contributed by atoms with Crippen LogP contribution in [0.5, 0.6) is 17.2 Å². The number of ether oxygens (including phenoxy) is 1. The molecule has 2 aliphatic heterocycles. The summed E-state index contributed by atoms with van der Waals surface area (Å²) in [6, 6.07) is 9.46. The Morgan fingerprint density at radius 2 is 1.96 bits per heavy atom. The average Bonchev–Trinajstić information content (AvgIpc) is 3.11. The van der Waals surface area contributed by atoms with Crippen LogP contribution in [0.1, 0.15) is 52.9 Å². The van der Waals surface area contributed by atoms with E-state index in [0.29, 0.717) is 19.4 Å². The molecule has 7 nitrogen and oxygen atoms in total. The van der Waals surface area contributed by atoms with Gasteiger partial charge in [-0.15, -0.1) is 0 Å². The van der Waals surface area contributed by atoms with Gasteiger partial charge in [-0.3, -0.25) is 4.79 Å². The minimum Gasteiger partial charge on any atom is -0.507 e. The summed E-state index contributed by atoms with van der Waals surface area (Å²) in [6.45, 7) is 0.441. The number of nitrogens with two attached hydrogens (primary N) is 1. The highest BCUT2D eigenvalue weighted by Crippen LogP contribution is 2.49. The van der Waals surface area contributed by atoms with Crippen molar-refractivity contribution in [1.29, 1.82) is 0 Å². The lowest BCUT2D eigenvalue weighted by Gasteiger charge is -2.29. The van der Waals surface area contributed by atoms with Crippen LogP contribution in [0.25, 0.3) is 0 Å². The zero-order chi connectivity index (χ0) is 19.1. The number of hydrogen-bond acceptors (Lipinski definition) is 5. The molecule has 0 bridgehead atoms. The minimum absolute atomic E-state index is 0.0475. The molecule has 0 aliphatic carbocycles. The van der Waals surface area contributed by atoms with E-state index in [1.165, 1.54) is 11.0 Å². The SMILES string of the molecule is NC(=O)N1CCC[C@H]1c1c(O)cc2c(c1O)C(=O)C[C@@H](c1ccccc1)O2. The van der Waals surface area contributed by atoms with E-state index in [-0.39, 0.29) is 40.6 Å². The van der Waals surface area contributed by atoms with Crippen molar-refractivity contribution < 1.29 is 24.5 Å². The van der Waals surface area contributed by atoms with Gasteiger partial charge in [0.05, 0.1) is 18.0 Å². The third-order valence-electron chi connectivity index (χ3n) is 5.24. The summed E-state index contributed by atoms with van der Waals surface area (Å²) >= 11 is 0. The van der Waals surface area contributed by atoms with E-state index in [2.05, 4.69) is 0 Å². The highest BCUT2D eigenvalue weighted by Gasteiger charge is 2.38. The average molecular weight is 368 g/mol. The third kappa shape index (κ3) is 2.85. The molecular formula is C20H20N2O5. The predicted molar refractivity (Wildman–Crippen MR) is 96.8 cm³/mol. The van der Waals surface area contributed by atoms with Crippen LogP contribution in [0.2, 0.25) is 0 Å². The van der Waals surface area contributed by atoms with E-state index >= 15 is 0 Å². The number of carbonyl (C=O) groups excluding carboxylic acids is 2. The molecule has 0 spiro atoms. The van der Waals surface area contributed by atoms with Crippen LogP contribution in [-0.2, 0) is 0 Å². The van der Waals surface area contributed by atoms with Gasteiger partial charge >= 0.3 is 6.03 Å². The number of Topliss-reactive ketones (excluding diaryl/α,β-unsaturated/α-hetero) is 1. The van der Waals surface area contributed by atoms with Crippen LogP contribution >= 0.6 is 0 Å². The first-order chi connectivity index (χ1) is 13.0. The zero-order valence-electron chi connectivity index (χ0n) is 14.6. The fraction of sp³-hybridized carbons (Fsp3) is 0.300. The lowest BCUT2D eigenvalue weighted by molar-refractivity contribution is 0.0844. The number of rotatable bonds is 2. The van der Waals surface area contributed by atoms with E-state index in [1.807, 2.05) is 30.3 Å². The van der Waals surface area contributed by atoms with Crippen molar-refractivity contribution in [3.8, 4) is 17.2 Å². The molecule has 2 aliphatic rings. The largest absolute Gasteiger partial charge is 0.507 e. The van der Waals surface area contributed by atoms with Crippen molar-refractivity contribution in [2.24, 2.45) is 5.73 Å². The number of urea groups is 1. The Morgan fingerprint density at radius 1 is 1.22 bits per heavy atom. The van der Waals surface area contributed by atoms with E-state index in [9.17, 15) is 19.8 Å². The van der Waals surface area contributed by atoms with Crippen LogP contribution < -0.4 is 10.5 Å². The van der Waals surface area contributed by atoms with Gasteiger partial charge in [-0.1, -0.05) is 30.3 Å². The maximum atomic E-state index is 12.8. The van der Waals surface area contributed by atoms with Gasteiger partial charge < -0.3 is 25.6 Å². The summed E-state index contributed by atoms with van der Waals surface area (Å²) in [6.07, 6.45) is 0.845. The van der Waals surface area contributed by atoms with Gasteiger partial charge in [0, 0.05) is 12.6 Å². The Labute approximate surface area is 156 Å². The van der Waals surface area contributed by atoms with Crippen molar-refractivity contribution in [2.45, 2.75) is 31.4 Å². The van der Waals surface area contributed by atoms with Gasteiger partial charge in [-0.05, 0) is 18.4 Å². The maximum Gasteiger partial charge on any atom is 0.315 e. The van der Waals surface area contributed by atoms with Crippen LogP contribution in [-0.4, -0.2) is 33.5 Å². The number of benzene rings is 2. The fourth-order valence-electron chi connectivity index (χ4n) is 3.99. The van der Waals surface area contributed by atoms with Crippen LogP contribution in [0, 0.1) is 0 Å². The quantitative estimate of drug-likeness (QED) is 0.754. The molecule has 7 heteroatoms. The zero-order valence-corrected chi connectivity index (χ0v) is 14.6. The number of amides is 2. The summed E-state index contributed by atoms with van der Waals surface area (Å²) in [5.74, 6) is -0.680. The lowest BCUT2D eigenvalue weighted by Crippen LogP contribution is -2.35. The molecule has 4 N–H and O–H groups in total. The third-order valence-corrected chi connectivity index (χ3v) is 5.24. The molecule has 2 atom stereocenters. The van der Waals surface area contributed by atoms with Gasteiger partial charge in [-0.2, -0.15) is 0 Å². The van der Waals surface area contributed by atoms with Gasteiger partial charge in [0.25, 0.3) is 0 Å². The summed E-state index contributed by atoms with van der Waals surface area (Å²) in [5.41, 5.74) is 6.45. The first-order valence-electron chi connectivity index (χ1n) is 8.87. The second kappa shape index (κ2) is 6.50. The second-order valence-electron chi connectivity index (χ2n) is 6.87. The van der Waals surface area contributed by atoms with Gasteiger partial charge in [0.2, 0.25) is 0 Å². The van der Waals surface area contributed by atoms with Gasteiger partial charge in [-0.25, -0.2) is 4.79 Å². The summed E-state index contributed by atoms with van der Waals surface area (Å²) < 4.78 is 5.90. The molecule has 2 heterocycles. The molecule has 2 aromatic rings. The van der Waals surface area contributed by atoms with Crippen LogP contribution in [0.3, 0.4) is 0 Å². The number of carbonyl (C=O) groups is 2. The van der Waals surface area contributed by atoms with E-state index < -0.39 is 18.2 Å². The molecule has 4 rings (SSSR count). The monoisotopic (exact) mass is 368 g/mol. The van der Waals surface area contributed by atoms with Gasteiger partial charge in [0.15, 0.2) is 5.78 Å². The Kier molecular flexibility index (Phi) is 4.14. The highest BCUT2D eigenvalue weighted by atomic mass is 16.5. The Bertz CT molecular complexity index is 912. The van der Waals surface area contributed by atoms with Crippen molar-refractivity contribution in [2.75, 3.05) is 6.54 Å². The topological polar surface area (TPSA) is 113 Å². The normalized spacial score (nSPS) is 21.6. The Hall–Kier alpha value is -3.22. The standard InChI is InChI=1S/C20H20N2O5/c21-20(26)22-8-4-7-12(22)17-13(23)10-16-18(19(17)25)14(24)9-15(27-16)11-5-2-1-3-6-11/h1-3,5-6,10,12,15,23,25H,4,7-9H2,(H2,21,26)/t12-,15-/m0/s1. The smallest absolute Gasteiger partial charge is 0.315 e. The molecule has 1 fully saturated rings. The molecule has 1 saturated heterocycles. The molecule has 2 amide bonds. The number of primary amides is 1. The highest BCUT2D eigenvalue weighted by molar-refractivity contribution is 6.03. The number of fused-ring (bicyclic) bond motifs is 1. The van der Waals surface area contributed by atoms with Crippen molar-refractivity contribution in [3.63, 3.8) is 0 Å². The Balaban J connectivity index is 1.75. The van der Waals surface area contributed by atoms with Crippen molar-refractivity contribution in [1.82, 2.24) is 4.90 Å². The maximum absolute atomic E-state index is 12.8. The molecular weight excluding hydrogens is 348 g/mol. The molecule has 0 radical (unpaired) electrons. The van der Waals surface area contributed by atoms with E-state index in [4.69, 9.17) is 10.5 Å². The Morgan fingerprint density at radius 3 is 2.67 bits per heavy atom. The van der Waals surface area contributed by atoms with E-state index in [0.717, 1.165) is 5.56 Å². The fourth-order valence-corrected chi connectivity index (χ4v) is 3.99. The number of phenolic OH excluding ortho intramolecular Hbond substituents is 2. The predicted octanol–water partition coefficient (Wildman–Crippen LogP) is 3.02. The van der Waals surface area contributed by atoms with Crippen molar-refractivity contribution in [3.05, 3.63) is 53.1 Å². The molecule has 0 unspecified atom stereocenters. The first kappa shape index (κ1) is 17.2. The van der Waals surface area contributed by atoms with E-state index in [1.54, 1.807) is 0 Å². The molecule has 0 aromatic heterocycles. The summed E-state index contributed by atoms with van der Waals surface area (Å²) in [7, 11) is 0. The number of likely N-dealkylation sites (tertiary alicyclic amines) is 1. The number of aromatic hydroxyl groups is 2. The molecule has 140 valence electrons. The van der Waals surface area contributed by atoms with Crippen LogP contribution in [0.4, 0.5) is 4.79 Å². The second-order valence-corrected chi connectivity index (χ2v) is 6.87. The number of phenols is 2. The van der Waals surface area contributed by atoms with Gasteiger partial charge in [0.1, 0.15) is 28.9 Å². The number of nitrogens with zero attached hydrogens (tertiary/aromatic N) is 1. The molecule has 27 heavy (non-hydrogen) atoms. The van der Waals surface area contributed by atoms with Crippen molar-refractivity contribution >= 4 is 11.8 Å². The number of hydrogen-bond donors (Lipinski definition) is 3. The first-order valence-corrected chi connectivity index (χ1v) is 8.87.